The topological polar surface area (TPSA) is 48.4 Å². The molecule has 0 saturated carbocycles. The zero-order chi connectivity index (χ0) is 11.4. The average molecular weight is 237 g/mol. The van der Waals surface area contributed by atoms with Crippen molar-refractivity contribution in [3.63, 3.8) is 0 Å². The Morgan fingerprint density at radius 1 is 1.50 bits per heavy atom. The van der Waals surface area contributed by atoms with Crippen molar-refractivity contribution in [2.75, 3.05) is 20.3 Å². The van der Waals surface area contributed by atoms with E-state index in [2.05, 4.69) is 4.98 Å². The number of hydrogen-bond acceptors (Lipinski definition) is 5. The first-order chi connectivity index (χ1) is 7.81. The lowest BCUT2D eigenvalue weighted by Gasteiger charge is -2.03. The minimum atomic E-state index is -0.363. The van der Waals surface area contributed by atoms with E-state index in [4.69, 9.17) is 9.47 Å². The van der Waals surface area contributed by atoms with Gasteiger partial charge in [0, 0.05) is 18.7 Å². The number of hydrogen-bond donors (Lipinski definition) is 0. The summed E-state index contributed by atoms with van der Waals surface area (Å²) in [7, 11) is 1.56. The van der Waals surface area contributed by atoms with E-state index in [0.29, 0.717) is 12.2 Å². The normalized spacial score (nSPS) is 10.6. The number of carbonyl (C=O) groups is 1. The molecule has 2 heterocycles. The first-order valence-electron chi connectivity index (χ1n) is 4.80. The van der Waals surface area contributed by atoms with Crippen molar-refractivity contribution in [2.45, 2.75) is 0 Å². The van der Waals surface area contributed by atoms with E-state index < -0.39 is 0 Å². The van der Waals surface area contributed by atoms with Crippen LogP contribution in [0.3, 0.4) is 0 Å². The van der Waals surface area contributed by atoms with E-state index in [9.17, 15) is 4.79 Å². The lowest BCUT2D eigenvalue weighted by atomic mass is 10.2. The largest absolute Gasteiger partial charge is 0.460 e. The lowest BCUT2D eigenvalue weighted by Crippen LogP contribution is -2.10. The average Bonchev–Trinajstić information content (AvgIpc) is 2.76. The summed E-state index contributed by atoms with van der Waals surface area (Å²) in [6.07, 6.45) is 1.54. The maximum atomic E-state index is 11.6. The van der Waals surface area contributed by atoms with Crippen LogP contribution in [-0.4, -0.2) is 31.3 Å². The zero-order valence-corrected chi connectivity index (χ0v) is 9.62. The fourth-order valence-corrected chi connectivity index (χ4v) is 1.99. The van der Waals surface area contributed by atoms with Gasteiger partial charge in [-0.15, -0.1) is 11.3 Å². The molecule has 0 aliphatic carbocycles. The molecule has 0 fully saturated rings. The van der Waals surface area contributed by atoms with Crippen molar-refractivity contribution in [1.82, 2.24) is 4.98 Å². The number of nitrogens with zero attached hydrogens (tertiary/aromatic N) is 1. The molecule has 0 bridgehead atoms. The molecule has 0 unspecified atom stereocenters. The molecule has 4 nitrogen and oxygen atoms in total. The van der Waals surface area contributed by atoms with Gasteiger partial charge < -0.3 is 9.47 Å². The summed E-state index contributed by atoms with van der Waals surface area (Å²) in [5.41, 5.74) is 0.474. The molecule has 0 N–H and O–H groups in total. The summed E-state index contributed by atoms with van der Waals surface area (Å²) >= 11 is 1.55. The van der Waals surface area contributed by atoms with Crippen molar-refractivity contribution in [1.29, 1.82) is 0 Å². The van der Waals surface area contributed by atoms with Gasteiger partial charge in [0.25, 0.3) is 0 Å². The first-order valence-corrected chi connectivity index (χ1v) is 5.68. The van der Waals surface area contributed by atoms with Crippen molar-refractivity contribution < 1.29 is 14.3 Å². The van der Waals surface area contributed by atoms with Gasteiger partial charge in [0.05, 0.1) is 12.2 Å². The van der Waals surface area contributed by atoms with Gasteiger partial charge in [0.2, 0.25) is 0 Å². The molecule has 0 spiro atoms. The summed E-state index contributed by atoms with van der Waals surface area (Å²) in [4.78, 5) is 16.7. The third-order valence-corrected chi connectivity index (χ3v) is 2.90. The Morgan fingerprint density at radius 2 is 2.38 bits per heavy atom. The molecule has 2 aromatic heterocycles. The van der Waals surface area contributed by atoms with Crippen LogP contribution < -0.4 is 0 Å². The van der Waals surface area contributed by atoms with Gasteiger partial charge in [-0.1, -0.05) is 0 Å². The highest BCUT2D eigenvalue weighted by atomic mass is 32.1. The van der Waals surface area contributed by atoms with Gasteiger partial charge in [0.15, 0.2) is 0 Å². The van der Waals surface area contributed by atoms with E-state index in [-0.39, 0.29) is 12.6 Å². The summed E-state index contributed by atoms with van der Waals surface area (Å²) in [6, 6.07) is 3.72. The molecule has 5 heteroatoms. The zero-order valence-electron chi connectivity index (χ0n) is 8.80. The van der Waals surface area contributed by atoms with Crippen LogP contribution >= 0.6 is 11.3 Å². The second kappa shape index (κ2) is 5.05. The van der Waals surface area contributed by atoms with E-state index in [1.807, 2.05) is 11.4 Å². The van der Waals surface area contributed by atoms with Gasteiger partial charge in [-0.3, -0.25) is 0 Å². The maximum absolute atomic E-state index is 11.6. The molecule has 2 aromatic rings. The second-order valence-electron chi connectivity index (χ2n) is 3.17. The monoisotopic (exact) mass is 237 g/mol. The lowest BCUT2D eigenvalue weighted by molar-refractivity contribution is 0.0388. The molecule has 2 rings (SSSR count). The van der Waals surface area contributed by atoms with E-state index >= 15 is 0 Å². The number of rotatable bonds is 4. The highest BCUT2D eigenvalue weighted by molar-refractivity contribution is 7.16. The summed E-state index contributed by atoms with van der Waals surface area (Å²) in [5, 5.41) is 2.91. The van der Waals surface area contributed by atoms with Crippen LogP contribution in [0.2, 0.25) is 0 Å². The molecule has 0 aliphatic rings. The van der Waals surface area contributed by atoms with Gasteiger partial charge in [-0.2, -0.15) is 0 Å². The first kappa shape index (κ1) is 11.0. The summed E-state index contributed by atoms with van der Waals surface area (Å²) < 4.78 is 9.79. The minimum absolute atomic E-state index is 0.261. The number of ether oxygens (including phenoxy) is 2. The number of aromatic nitrogens is 1. The molecule has 0 amide bonds. The number of esters is 1. The Morgan fingerprint density at radius 3 is 3.19 bits per heavy atom. The Labute approximate surface area is 96.8 Å². The van der Waals surface area contributed by atoms with Crippen LogP contribution in [-0.2, 0) is 9.47 Å². The molecule has 0 aliphatic heterocycles. The van der Waals surface area contributed by atoms with Crippen LogP contribution in [0.25, 0.3) is 10.2 Å². The molecule has 0 saturated heterocycles. The van der Waals surface area contributed by atoms with E-state index in [0.717, 1.165) is 10.2 Å². The molecule has 0 aromatic carbocycles. The molecule has 0 radical (unpaired) electrons. The van der Waals surface area contributed by atoms with Gasteiger partial charge in [-0.25, -0.2) is 9.78 Å². The van der Waals surface area contributed by atoms with Gasteiger partial charge in [-0.05, 0) is 17.5 Å². The standard InChI is InChI=1S/C11H11NO3S/c1-14-3-4-15-11(13)9-6-8-2-5-16-10(8)12-7-9/h2,5-7H,3-4H2,1H3. The van der Waals surface area contributed by atoms with Crippen molar-refractivity contribution in [2.24, 2.45) is 0 Å². The molecular weight excluding hydrogens is 226 g/mol. The predicted molar refractivity (Wildman–Crippen MR) is 61.8 cm³/mol. The molecule has 84 valence electrons. The van der Waals surface area contributed by atoms with E-state index in [1.165, 1.54) is 6.20 Å². The summed E-state index contributed by atoms with van der Waals surface area (Å²) in [5.74, 6) is -0.363. The van der Waals surface area contributed by atoms with Crippen LogP contribution in [0.15, 0.2) is 23.7 Å². The van der Waals surface area contributed by atoms with Crippen LogP contribution in [0.5, 0.6) is 0 Å². The maximum Gasteiger partial charge on any atom is 0.339 e. The van der Waals surface area contributed by atoms with Gasteiger partial charge >= 0.3 is 5.97 Å². The number of carbonyl (C=O) groups excluding carboxylic acids is 1. The van der Waals surface area contributed by atoms with E-state index in [1.54, 1.807) is 24.5 Å². The van der Waals surface area contributed by atoms with Gasteiger partial charge in [0.1, 0.15) is 11.4 Å². The quantitative estimate of drug-likeness (QED) is 0.603. The fraction of sp³-hybridized carbons (Fsp3) is 0.273. The third kappa shape index (κ3) is 2.37. The Hall–Kier alpha value is -1.46. The highest BCUT2D eigenvalue weighted by Crippen LogP contribution is 2.19. The number of fused-ring (bicyclic) bond motifs is 1. The number of methoxy groups -OCH3 is 1. The Bertz CT molecular complexity index is 495. The molecular formula is C11H11NO3S. The predicted octanol–water partition coefficient (Wildman–Crippen LogP) is 2.10. The Kier molecular flexibility index (Phi) is 3.48. The highest BCUT2D eigenvalue weighted by Gasteiger charge is 2.08. The van der Waals surface area contributed by atoms with Crippen molar-refractivity contribution in [3.8, 4) is 0 Å². The fourth-order valence-electron chi connectivity index (χ4n) is 1.27. The SMILES string of the molecule is COCCOC(=O)c1cnc2sccc2c1. The third-order valence-electron chi connectivity index (χ3n) is 2.06. The minimum Gasteiger partial charge on any atom is -0.460 e. The Balaban J connectivity index is 2.10. The number of thiophene rings is 1. The smallest absolute Gasteiger partial charge is 0.339 e. The van der Waals surface area contributed by atoms with Crippen LogP contribution in [0, 0.1) is 0 Å². The molecule has 0 atom stereocenters. The molecule has 16 heavy (non-hydrogen) atoms. The van der Waals surface area contributed by atoms with Crippen LogP contribution in [0.1, 0.15) is 10.4 Å². The van der Waals surface area contributed by atoms with Crippen molar-refractivity contribution in [3.05, 3.63) is 29.3 Å². The number of pyridine rings is 1. The summed E-state index contributed by atoms with van der Waals surface area (Å²) in [6.45, 7) is 0.664. The second-order valence-corrected chi connectivity index (χ2v) is 4.06. The van der Waals surface area contributed by atoms with Crippen LogP contribution in [0.4, 0.5) is 0 Å². The van der Waals surface area contributed by atoms with Crippen molar-refractivity contribution >= 4 is 27.5 Å².